The average molecular weight is 278 g/mol. The molecule has 1 atom stereocenters. The third-order valence-corrected chi connectivity index (χ3v) is 4.11. The van der Waals surface area contributed by atoms with Gasteiger partial charge < -0.3 is 10.1 Å². The van der Waals surface area contributed by atoms with Crippen molar-refractivity contribution in [3.05, 3.63) is 40.4 Å². The molecule has 6 heteroatoms. The van der Waals surface area contributed by atoms with Crippen LogP contribution >= 0.6 is 11.8 Å². The summed E-state index contributed by atoms with van der Waals surface area (Å²) in [5, 5.41) is 9.03. The van der Waals surface area contributed by atoms with Gasteiger partial charge in [-0.2, -0.15) is 0 Å². The van der Waals surface area contributed by atoms with E-state index in [-0.39, 0.29) is 5.56 Å². The summed E-state index contributed by atoms with van der Waals surface area (Å²) >= 11 is 1.27. The molecule has 1 heterocycles. The minimum atomic E-state index is -0.837. The Morgan fingerprint density at radius 1 is 1.47 bits per heavy atom. The van der Waals surface area contributed by atoms with Crippen molar-refractivity contribution in [1.82, 2.24) is 9.97 Å². The van der Waals surface area contributed by atoms with E-state index in [0.29, 0.717) is 28.9 Å². The van der Waals surface area contributed by atoms with Crippen LogP contribution in [-0.2, 0) is 10.5 Å². The Labute approximate surface area is 114 Å². The van der Waals surface area contributed by atoms with E-state index >= 15 is 0 Å². The van der Waals surface area contributed by atoms with Crippen molar-refractivity contribution >= 4 is 28.6 Å². The molecule has 0 aliphatic rings. The topological polar surface area (TPSA) is 83.0 Å². The summed E-state index contributed by atoms with van der Waals surface area (Å²) in [6, 6.07) is 7.08. The first-order chi connectivity index (χ1) is 9.11. The molecule has 1 aromatic carbocycles. The predicted molar refractivity (Wildman–Crippen MR) is 75.4 cm³/mol. The number of thioether (sulfide) groups is 1. The summed E-state index contributed by atoms with van der Waals surface area (Å²) in [5.41, 5.74) is 0.440. The molecule has 0 saturated heterocycles. The minimum Gasteiger partial charge on any atom is -0.480 e. The molecule has 1 aromatic heterocycles. The van der Waals surface area contributed by atoms with Crippen molar-refractivity contribution in [3.63, 3.8) is 0 Å². The van der Waals surface area contributed by atoms with Gasteiger partial charge in [-0.3, -0.25) is 9.59 Å². The van der Waals surface area contributed by atoms with E-state index in [2.05, 4.69) is 9.97 Å². The molecular formula is C13H14N2O3S. The molecule has 0 radical (unpaired) electrons. The summed E-state index contributed by atoms with van der Waals surface area (Å²) in [5.74, 6) is 0.0502. The Morgan fingerprint density at radius 2 is 2.21 bits per heavy atom. The predicted octanol–water partition coefficient (Wildman–Crippen LogP) is 2.02. The van der Waals surface area contributed by atoms with Crippen molar-refractivity contribution < 1.29 is 9.90 Å². The maximum absolute atomic E-state index is 11.8. The molecular weight excluding hydrogens is 264 g/mol. The van der Waals surface area contributed by atoms with Gasteiger partial charge in [0, 0.05) is 0 Å². The van der Waals surface area contributed by atoms with Gasteiger partial charge in [0.05, 0.1) is 16.7 Å². The van der Waals surface area contributed by atoms with Crippen LogP contribution in [0.3, 0.4) is 0 Å². The third-order valence-electron chi connectivity index (χ3n) is 2.73. The van der Waals surface area contributed by atoms with Gasteiger partial charge >= 0.3 is 5.97 Å². The summed E-state index contributed by atoms with van der Waals surface area (Å²) < 4.78 is 0. The molecule has 0 fully saturated rings. The zero-order chi connectivity index (χ0) is 13.8. The highest BCUT2D eigenvalue weighted by molar-refractivity contribution is 7.99. The highest BCUT2D eigenvalue weighted by Gasteiger charge is 2.16. The first-order valence-electron chi connectivity index (χ1n) is 5.94. The van der Waals surface area contributed by atoms with E-state index in [1.54, 1.807) is 18.2 Å². The zero-order valence-electron chi connectivity index (χ0n) is 10.4. The van der Waals surface area contributed by atoms with E-state index in [0.717, 1.165) is 0 Å². The lowest BCUT2D eigenvalue weighted by Crippen LogP contribution is -2.17. The molecule has 19 heavy (non-hydrogen) atoms. The van der Waals surface area contributed by atoms with E-state index in [9.17, 15) is 9.59 Å². The lowest BCUT2D eigenvalue weighted by atomic mass is 10.2. The molecule has 0 saturated carbocycles. The average Bonchev–Trinajstić information content (AvgIpc) is 2.39. The van der Waals surface area contributed by atoms with Crippen LogP contribution in [0.4, 0.5) is 0 Å². The quantitative estimate of drug-likeness (QED) is 0.874. The number of carbonyl (C=O) groups is 1. The van der Waals surface area contributed by atoms with Crippen LogP contribution in [0.15, 0.2) is 29.1 Å². The van der Waals surface area contributed by atoms with E-state index in [4.69, 9.17) is 5.11 Å². The number of carboxylic acid groups (broad SMARTS) is 1. The minimum absolute atomic E-state index is 0.190. The van der Waals surface area contributed by atoms with Crippen LogP contribution in [0.2, 0.25) is 0 Å². The summed E-state index contributed by atoms with van der Waals surface area (Å²) in [7, 11) is 0. The van der Waals surface area contributed by atoms with Gasteiger partial charge in [-0.15, -0.1) is 11.8 Å². The third kappa shape index (κ3) is 3.14. The van der Waals surface area contributed by atoms with Crippen LogP contribution in [0, 0.1) is 0 Å². The van der Waals surface area contributed by atoms with Gasteiger partial charge in [-0.1, -0.05) is 19.1 Å². The van der Waals surface area contributed by atoms with E-state index < -0.39 is 11.2 Å². The molecule has 2 rings (SSSR count). The number of aromatic amines is 1. The maximum atomic E-state index is 11.8. The number of nitrogens with zero attached hydrogens (tertiary/aromatic N) is 1. The van der Waals surface area contributed by atoms with Crippen LogP contribution in [0.1, 0.15) is 19.2 Å². The van der Waals surface area contributed by atoms with Crippen LogP contribution in [-0.4, -0.2) is 26.3 Å². The number of aromatic nitrogens is 2. The van der Waals surface area contributed by atoms with Gasteiger partial charge in [-0.25, -0.2) is 4.98 Å². The fourth-order valence-electron chi connectivity index (χ4n) is 1.75. The van der Waals surface area contributed by atoms with E-state index in [1.165, 1.54) is 11.8 Å². The first kappa shape index (κ1) is 13.6. The second kappa shape index (κ2) is 5.88. The van der Waals surface area contributed by atoms with Gasteiger partial charge in [0.1, 0.15) is 11.1 Å². The number of benzene rings is 1. The van der Waals surface area contributed by atoms with Crippen molar-refractivity contribution in [2.75, 3.05) is 0 Å². The fourth-order valence-corrected chi connectivity index (χ4v) is 2.62. The van der Waals surface area contributed by atoms with E-state index in [1.807, 2.05) is 13.0 Å². The van der Waals surface area contributed by atoms with Crippen LogP contribution in [0.5, 0.6) is 0 Å². The molecule has 5 nitrogen and oxygen atoms in total. The number of aliphatic carboxylic acids is 1. The summed E-state index contributed by atoms with van der Waals surface area (Å²) in [6.45, 7) is 1.82. The number of nitrogens with one attached hydrogen (secondary N) is 1. The van der Waals surface area contributed by atoms with Gasteiger partial charge in [-0.05, 0) is 18.6 Å². The maximum Gasteiger partial charge on any atom is 0.316 e. The summed E-state index contributed by atoms with van der Waals surface area (Å²) in [4.78, 5) is 29.8. The SMILES string of the molecule is CCC(SCc1nc2ccccc2c(=O)[nH]1)C(=O)O. The largest absolute Gasteiger partial charge is 0.480 e. The number of carboxylic acids is 1. The zero-order valence-corrected chi connectivity index (χ0v) is 11.2. The van der Waals surface area contributed by atoms with Gasteiger partial charge in [0.25, 0.3) is 5.56 Å². The Balaban J connectivity index is 2.22. The molecule has 0 spiro atoms. The number of fused-ring (bicyclic) bond motifs is 1. The Kier molecular flexibility index (Phi) is 4.21. The Hall–Kier alpha value is -1.82. The van der Waals surface area contributed by atoms with Gasteiger partial charge in [0.2, 0.25) is 0 Å². The highest BCUT2D eigenvalue weighted by Crippen LogP contribution is 2.19. The van der Waals surface area contributed by atoms with Crippen molar-refractivity contribution in [1.29, 1.82) is 0 Å². The lowest BCUT2D eigenvalue weighted by molar-refractivity contribution is -0.136. The van der Waals surface area contributed by atoms with Crippen molar-refractivity contribution in [3.8, 4) is 0 Å². The molecule has 2 aromatic rings. The smallest absolute Gasteiger partial charge is 0.316 e. The first-order valence-corrected chi connectivity index (χ1v) is 6.99. The molecule has 0 bridgehead atoms. The molecule has 0 aliphatic carbocycles. The van der Waals surface area contributed by atoms with Crippen molar-refractivity contribution in [2.45, 2.75) is 24.3 Å². The number of hydrogen-bond donors (Lipinski definition) is 2. The normalized spacial score (nSPS) is 12.5. The number of hydrogen-bond acceptors (Lipinski definition) is 4. The highest BCUT2D eigenvalue weighted by atomic mass is 32.2. The second-order valence-electron chi connectivity index (χ2n) is 4.08. The van der Waals surface area contributed by atoms with Crippen LogP contribution < -0.4 is 5.56 Å². The second-order valence-corrected chi connectivity index (χ2v) is 5.27. The molecule has 1 unspecified atom stereocenters. The molecule has 0 aliphatic heterocycles. The molecule has 0 amide bonds. The fraction of sp³-hybridized carbons (Fsp3) is 0.308. The Bertz CT molecular complexity index is 654. The standard InChI is InChI=1S/C13H14N2O3S/c1-2-10(13(17)18)19-7-11-14-9-6-4-3-5-8(9)12(16)15-11/h3-6,10H,2,7H2,1H3,(H,17,18)(H,14,15,16). The lowest BCUT2D eigenvalue weighted by Gasteiger charge is -2.08. The monoisotopic (exact) mass is 278 g/mol. The molecule has 100 valence electrons. The number of para-hydroxylation sites is 1. The van der Waals surface area contributed by atoms with Crippen molar-refractivity contribution in [2.24, 2.45) is 0 Å². The Morgan fingerprint density at radius 3 is 2.89 bits per heavy atom. The number of rotatable bonds is 5. The molecule has 2 N–H and O–H groups in total. The van der Waals surface area contributed by atoms with Crippen LogP contribution in [0.25, 0.3) is 10.9 Å². The van der Waals surface area contributed by atoms with Gasteiger partial charge in [0.15, 0.2) is 0 Å². The summed E-state index contributed by atoms with van der Waals surface area (Å²) in [6.07, 6.45) is 0.539. The number of H-pyrrole nitrogens is 1.